The summed E-state index contributed by atoms with van der Waals surface area (Å²) in [4.78, 5) is 2.07. The van der Waals surface area contributed by atoms with Crippen molar-refractivity contribution in [2.24, 2.45) is 0 Å². The number of hydrogen-bond donors (Lipinski definition) is 1. The van der Waals surface area contributed by atoms with Gasteiger partial charge in [-0.3, -0.25) is 0 Å². The number of rotatable bonds is 5. The van der Waals surface area contributed by atoms with Gasteiger partial charge in [0, 0.05) is 23.2 Å². The second-order valence-electron chi connectivity index (χ2n) is 5.91. The lowest BCUT2D eigenvalue weighted by molar-refractivity contribution is 0.412. The van der Waals surface area contributed by atoms with Crippen molar-refractivity contribution >= 4 is 38.9 Å². The van der Waals surface area contributed by atoms with Gasteiger partial charge >= 0.3 is 0 Å². The maximum absolute atomic E-state index is 13.2. The van der Waals surface area contributed by atoms with Crippen molar-refractivity contribution in [3.63, 3.8) is 0 Å². The molecule has 0 aliphatic carbocycles. The lowest BCUT2D eigenvalue weighted by atomic mass is 10.1. The van der Waals surface area contributed by atoms with E-state index < -0.39 is 0 Å². The Kier molecular flexibility index (Phi) is 6.36. The number of para-hydroxylation sites is 1. The second kappa shape index (κ2) is 8.92. The number of anilines is 1. The minimum Gasteiger partial charge on any atom is -0.340 e. The Morgan fingerprint density at radius 1 is 0.846 bits per heavy atom. The lowest BCUT2D eigenvalue weighted by Gasteiger charge is -2.26. The van der Waals surface area contributed by atoms with Crippen LogP contribution in [-0.2, 0) is 13.1 Å². The summed E-state index contributed by atoms with van der Waals surface area (Å²) in [5.41, 5.74) is 3.09. The van der Waals surface area contributed by atoms with Crippen LogP contribution < -0.4 is 5.32 Å². The van der Waals surface area contributed by atoms with Crippen LogP contribution in [0.3, 0.4) is 0 Å². The first-order valence-electron chi connectivity index (χ1n) is 8.20. The molecule has 3 aromatic rings. The summed E-state index contributed by atoms with van der Waals surface area (Å²) in [5, 5.41) is 3.91. The molecule has 0 unspecified atom stereocenters. The zero-order chi connectivity index (χ0) is 18.4. The molecule has 26 heavy (non-hydrogen) atoms. The summed E-state index contributed by atoms with van der Waals surface area (Å²) in [6, 6.07) is 24.5. The van der Waals surface area contributed by atoms with E-state index >= 15 is 0 Å². The highest BCUT2D eigenvalue weighted by atomic mass is 79.9. The third-order valence-corrected chi connectivity index (χ3v) is 4.77. The average Bonchev–Trinajstić information content (AvgIpc) is 2.65. The fourth-order valence-corrected chi connectivity index (χ4v) is 3.06. The molecule has 0 atom stereocenters. The summed E-state index contributed by atoms with van der Waals surface area (Å²) in [5.74, 6) is -0.238. The van der Waals surface area contributed by atoms with E-state index in [-0.39, 0.29) is 5.82 Å². The van der Waals surface area contributed by atoms with E-state index in [9.17, 15) is 4.39 Å². The van der Waals surface area contributed by atoms with E-state index in [1.165, 1.54) is 12.1 Å². The van der Waals surface area contributed by atoms with Gasteiger partial charge in [0.05, 0.1) is 0 Å². The Balaban J connectivity index is 1.78. The molecular formula is C21H18BrFN2S. The van der Waals surface area contributed by atoms with Crippen LogP contribution in [0, 0.1) is 5.82 Å². The molecule has 0 aromatic heterocycles. The highest BCUT2D eigenvalue weighted by molar-refractivity contribution is 9.10. The molecule has 0 spiro atoms. The first kappa shape index (κ1) is 18.5. The van der Waals surface area contributed by atoms with Crippen LogP contribution >= 0.6 is 28.1 Å². The number of thiocarbonyl (C=S) groups is 1. The van der Waals surface area contributed by atoms with Crippen molar-refractivity contribution in [2.75, 3.05) is 5.32 Å². The smallest absolute Gasteiger partial charge is 0.174 e. The number of benzene rings is 3. The van der Waals surface area contributed by atoms with Gasteiger partial charge in [0.15, 0.2) is 5.11 Å². The van der Waals surface area contributed by atoms with Crippen molar-refractivity contribution in [3.8, 4) is 0 Å². The quantitative estimate of drug-likeness (QED) is 0.502. The van der Waals surface area contributed by atoms with Crippen LogP contribution in [0.1, 0.15) is 11.1 Å². The molecular weight excluding hydrogens is 411 g/mol. The fraction of sp³-hybridized carbons (Fsp3) is 0.0952. The maximum Gasteiger partial charge on any atom is 0.174 e. The van der Waals surface area contributed by atoms with Crippen molar-refractivity contribution < 1.29 is 4.39 Å². The molecule has 1 N–H and O–H groups in total. The van der Waals surface area contributed by atoms with Crippen molar-refractivity contribution in [1.29, 1.82) is 0 Å². The van der Waals surface area contributed by atoms with E-state index in [0.29, 0.717) is 18.2 Å². The van der Waals surface area contributed by atoms with E-state index in [2.05, 4.69) is 38.3 Å². The molecule has 0 radical (unpaired) electrons. The van der Waals surface area contributed by atoms with Crippen molar-refractivity contribution in [1.82, 2.24) is 4.90 Å². The van der Waals surface area contributed by atoms with Gasteiger partial charge in [-0.05, 0) is 59.7 Å². The van der Waals surface area contributed by atoms with E-state index in [1.54, 1.807) is 12.1 Å². The van der Waals surface area contributed by atoms with Crippen LogP contribution in [0.5, 0.6) is 0 Å². The molecule has 3 aromatic carbocycles. The first-order valence-corrected chi connectivity index (χ1v) is 9.40. The molecule has 0 aliphatic heterocycles. The van der Waals surface area contributed by atoms with Gasteiger partial charge in [0.1, 0.15) is 5.82 Å². The summed E-state index contributed by atoms with van der Waals surface area (Å²) in [6.07, 6.45) is 0. The normalized spacial score (nSPS) is 10.4. The van der Waals surface area contributed by atoms with Crippen LogP contribution in [0.2, 0.25) is 0 Å². The van der Waals surface area contributed by atoms with E-state index in [4.69, 9.17) is 12.2 Å². The molecule has 0 saturated heterocycles. The topological polar surface area (TPSA) is 15.3 Å². The van der Waals surface area contributed by atoms with Gasteiger partial charge < -0.3 is 10.2 Å². The standard InChI is InChI=1S/C21H18BrFN2S/c22-18-10-6-16(7-11-18)14-25(15-17-8-12-19(23)13-9-17)21(26)24-20-4-2-1-3-5-20/h1-13H,14-15H2,(H,24,26). The predicted octanol–water partition coefficient (Wildman–Crippen LogP) is 5.99. The lowest BCUT2D eigenvalue weighted by Crippen LogP contribution is -2.33. The molecule has 2 nitrogen and oxygen atoms in total. The average molecular weight is 429 g/mol. The van der Waals surface area contributed by atoms with Crippen LogP contribution in [0.15, 0.2) is 83.3 Å². The third-order valence-electron chi connectivity index (χ3n) is 3.89. The van der Waals surface area contributed by atoms with Crippen molar-refractivity contribution in [2.45, 2.75) is 13.1 Å². The number of hydrogen-bond acceptors (Lipinski definition) is 1. The Hall–Kier alpha value is -2.24. The van der Waals surface area contributed by atoms with E-state index in [1.807, 2.05) is 42.5 Å². The van der Waals surface area contributed by atoms with Gasteiger partial charge in [-0.1, -0.05) is 58.4 Å². The zero-order valence-electron chi connectivity index (χ0n) is 14.0. The molecule has 0 aliphatic rings. The molecule has 5 heteroatoms. The van der Waals surface area contributed by atoms with Crippen LogP contribution in [0.25, 0.3) is 0 Å². The first-order chi connectivity index (χ1) is 12.6. The van der Waals surface area contributed by atoms with Gasteiger partial charge in [0.2, 0.25) is 0 Å². The SMILES string of the molecule is Fc1ccc(CN(Cc2ccc(Br)cc2)C(=S)Nc2ccccc2)cc1. The summed E-state index contributed by atoms with van der Waals surface area (Å²) < 4.78 is 14.2. The van der Waals surface area contributed by atoms with Crippen LogP contribution in [-0.4, -0.2) is 10.0 Å². The Morgan fingerprint density at radius 2 is 1.38 bits per heavy atom. The minimum atomic E-state index is -0.238. The molecule has 3 rings (SSSR count). The largest absolute Gasteiger partial charge is 0.340 e. The second-order valence-corrected chi connectivity index (χ2v) is 7.21. The number of nitrogens with zero attached hydrogens (tertiary/aromatic N) is 1. The Bertz CT molecular complexity index is 804. The van der Waals surface area contributed by atoms with Gasteiger partial charge in [-0.15, -0.1) is 0 Å². The van der Waals surface area contributed by atoms with Gasteiger partial charge in [0.25, 0.3) is 0 Å². The Labute approximate surface area is 166 Å². The fourth-order valence-electron chi connectivity index (χ4n) is 2.54. The highest BCUT2D eigenvalue weighted by Crippen LogP contribution is 2.16. The third kappa shape index (κ3) is 5.38. The number of halogens is 2. The van der Waals surface area contributed by atoms with E-state index in [0.717, 1.165) is 21.3 Å². The molecule has 0 heterocycles. The summed E-state index contributed by atoms with van der Waals surface area (Å²) in [6.45, 7) is 1.25. The predicted molar refractivity (Wildman–Crippen MR) is 112 cm³/mol. The molecule has 0 bridgehead atoms. The molecule has 0 saturated carbocycles. The maximum atomic E-state index is 13.2. The molecule has 132 valence electrons. The Morgan fingerprint density at radius 3 is 1.96 bits per heavy atom. The van der Waals surface area contributed by atoms with Crippen LogP contribution in [0.4, 0.5) is 10.1 Å². The summed E-state index contributed by atoms with van der Waals surface area (Å²) in [7, 11) is 0. The van der Waals surface area contributed by atoms with Gasteiger partial charge in [-0.25, -0.2) is 4.39 Å². The van der Waals surface area contributed by atoms with Crippen molar-refractivity contribution in [3.05, 3.63) is 100 Å². The number of nitrogens with one attached hydrogen (secondary N) is 1. The highest BCUT2D eigenvalue weighted by Gasteiger charge is 2.12. The van der Waals surface area contributed by atoms with Gasteiger partial charge in [-0.2, -0.15) is 0 Å². The molecule has 0 fully saturated rings. The molecule has 0 amide bonds. The monoisotopic (exact) mass is 428 g/mol. The summed E-state index contributed by atoms with van der Waals surface area (Å²) >= 11 is 9.10. The minimum absolute atomic E-state index is 0.238. The zero-order valence-corrected chi connectivity index (χ0v) is 16.4.